The first-order chi connectivity index (χ1) is 18.9. The highest BCUT2D eigenvalue weighted by Gasteiger charge is 2.58. The number of phenols is 1. The normalized spacial score (nSPS) is 41.2. The van der Waals surface area contributed by atoms with Crippen molar-refractivity contribution in [3.8, 4) is 5.75 Å². The second-order valence-corrected chi connectivity index (χ2v) is 11.5. The fraction of sp³-hybridized carbons (Fsp3) is 0.586. The van der Waals surface area contributed by atoms with Crippen molar-refractivity contribution in [2.45, 2.75) is 81.1 Å². The summed E-state index contributed by atoms with van der Waals surface area (Å²) >= 11 is 0. The largest absolute Gasteiger partial charge is 0.508 e. The van der Waals surface area contributed by atoms with Crippen molar-refractivity contribution >= 4 is 11.9 Å². The number of benzene rings is 1. The maximum atomic E-state index is 12.3. The van der Waals surface area contributed by atoms with Gasteiger partial charge in [0.2, 0.25) is 0 Å². The number of carbonyl (C=O) groups excluding carboxylic acids is 2. The molecule has 2 aliphatic heterocycles. The van der Waals surface area contributed by atoms with Gasteiger partial charge in [-0.3, -0.25) is 4.79 Å². The highest BCUT2D eigenvalue weighted by atomic mass is 16.7. The van der Waals surface area contributed by atoms with E-state index in [9.17, 15) is 35.1 Å². The van der Waals surface area contributed by atoms with Gasteiger partial charge in [0, 0.05) is 23.3 Å². The van der Waals surface area contributed by atoms with Crippen molar-refractivity contribution in [2.75, 3.05) is 6.61 Å². The molecule has 1 aromatic carbocycles. The maximum absolute atomic E-state index is 12.3. The molecule has 2 aliphatic carbocycles. The minimum absolute atomic E-state index is 0.0623. The van der Waals surface area contributed by atoms with Gasteiger partial charge >= 0.3 is 11.9 Å². The average Bonchev–Trinajstić information content (AvgIpc) is 3.35. The Labute approximate surface area is 231 Å². The zero-order chi connectivity index (χ0) is 28.9. The van der Waals surface area contributed by atoms with E-state index in [1.54, 1.807) is 19.1 Å². The Morgan fingerprint density at radius 2 is 1.82 bits per heavy atom. The molecule has 11 heteroatoms. The molecule has 2 heterocycles. The summed E-state index contributed by atoms with van der Waals surface area (Å²) in [7, 11) is 0. The number of hydrogen-bond acceptors (Lipinski definition) is 11. The van der Waals surface area contributed by atoms with Gasteiger partial charge in [-0.05, 0) is 49.5 Å². The molecule has 2 saturated heterocycles. The van der Waals surface area contributed by atoms with E-state index in [1.807, 2.05) is 0 Å². The third-order valence-corrected chi connectivity index (χ3v) is 8.87. The van der Waals surface area contributed by atoms with E-state index in [0.29, 0.717) is 36.0 Å². The van der Waals surface area contributed by atoms with E-state index in [1.165, 1.54) is 12.1 Å². The topological polar surface area (TPSA) is 172 Å². The van der Waals surface area contributed by atoms with E-state index >= 15 is 0 Å². The molecule has 11 atom stereocenters. The first-order valence-electron chi connectivity index (χ1n) is 13.5. The van der Waals surface area contributed by atoms with E-state index in [0.717, 1.165) is 0 Å². The van der Waals surface area contributed by atoms with Gasteiger partial charge in [-0.2, -0.15) is 0 Å². The minimum Gasteiger partial charge on any atom is -0.508 e. The Kier molecular flexibility index (Phi) is 7.81. The highest BCUT2D eigenvalue weighted by Crippen LogP contribution is 2.54. The van der Waals surface area contributed by atoms with Gasteiger partial charge in [0.25, 0.3) is 0 Å². The van der Waals surface area contributed by atoms with Gasteiger partial charge < -0.3 is 44.5 Å². The summed E-state index contributed by atoms with van der Waals surface area (Å²) in [5.41, 5.74) is 0.456. The van der Waals surface area contributed by atoms with Crippen LogP contribution in [0.3, 0.4) is 0 Å². The van der Waals surface area contributed by atoms with Crippen molar-refractivity contribution in [1.82, 2.24) is 0 Å². The van der Waals surface area contributed by atoms with Crippen LogP contribution in [0.4, 0.5) is 0 Å². The predicted octanol–water partition coefficient (Wildman–Crippen LogP) is 0.506. The Hall–Kier alpha value is -2.80. The van der Waals surface area contributed by atoms with Crippen molar-refractivity contribution < 1.29 is 54.1 Å². The van der Waals surface area contributed by atoms with Gasteiger partial charge in [0.1, 0.15) is 42.9 Å². The number of aliphatic hydroxyl groups is 4. The zero-order valence-corrected chi connectivity index (χ0v) is 22.2. The summed E-state index contributed by atoms with van der Waals surface area (Å²) in [6, 6.07) is 6.03. The Bertz CT molecular complexity index is 1160. The molecule has 5 N–H and O–H groups in total. The van der Waals surface area contributed by atoms with E-state index < -0.39 is 73.0 Å². The molecule has 0 radical (unpaired) electrons. The van der Waals surface area contributed by atoms with Crippen LogP contribution < -0.4 is 0 Å². The lowest BCUT2D eigenvalue weighted by Gasteiger charge is -2.41. The number of carbonyl (C=O) groups is 2. The van der Waals surface area contributed by atoms with Crippen molar-refractivity contribution in [3.63, 3.8) is 0 Å². The molecular weight excluding hydrogens is 524 g/mol. The maximum Gasteiger partial charge on any atom is 0.334 e. The quantitative estimate of drug-likeness (QED) is 0.186. The summed E-state index contributed by atoms with van der Waals surface area (Å²) in [5, 5.41) is 52.3. The van der Waals surface area contributed by atoms with Gasteiger partial charge in [-0.25, -0.2) is 4.79 Å². The molecule has 5 rings (SSSR count). The van der Waals surface area contributed by atoms with Crippen LogP contribution >= 0.6 is 0 Å². The molecule has 40 heavy (non-hydrogen) atoms. The second-order valence-electron chi connectivity index (χ2n) is 11.5. The number of phenolic OH excluding ortho intramolecular Hbond substituents is 1. The highest BCUT2D eigenvalue weighted by molar-refractivity contribution is 5.91. The smallest absolute Gasteiger partial charge is 0.334 e. The summed E-state index contributed by atoms with van der Waals surface area (Å²) in [6.45, 7) is 9.41. The molecule has 2 saturated carbocycles. The lowest BCUT2D eigenvalue weighted by atomic mass is 9.78. The molecule has 0 bridgehead atoms. The van der Waals surface area contributed by atoms with Crippen LogP contribution in [0.1, 0.15) is 31.7 Å². The molecule has 1 aromatic rings. The third kappa shape index (κ3) is 5.29. The van der Waals surface area contributed by atoms with Gasteiger partial charge in [-0.15, -0.1) is 0 Å². The molecule has 0 amide bonds. The van der Waals surface area contributed by atoms with Gasteiger partial charge in [0.05, 0.1) is 18.1 Å². The molecule has 0 aromatic heterocycles. The van der Waals surface area contributed by atoms with Crippen molar-refractivity contribution in [3.05, 3.63) is 54.1 Å². The monoisotopic (exact) mass is 560 g/mol. The summed E-state index contributed by atoms with van der Waals surface area (Å²) in [4.78, 5) is 24.6. The molecule has 0 spiro atoms. The fourth-order valence-electron chi connectivity index (χ4n) is 6.49. The van der Waals surface area contributed by atoms with Gasteiger partial charge in [0.15, 0.2) is 6.29 Å². The van der Waals surface area contributed by atoms with Crippen molar-refractivity contribution in [1.29, 1.82) is 0 Å². The fourth-order valence-corrected chi connectivity index (χ4v) is 6.49. The number of rotatable bonds is 6. The standard InChI is InChI=1S/C29H36O11/c1-13-17-8-9-29(3,36)18-11-19(14(2)22(18)26(17)40-27(13)35)38-28-25(34)24(33)23(32)20(39-28)12-37-21(31)10-15-4-6-16(30)7-5-15/h4-7,17-20,22-26,28,30,32-34,36H,1-2,8-12H2,3H3. The van der Waals surface area contributed by atoms with Crippen molar-refractivity contribution in [2.24, 2.45) is 17.8 Å². The zero-order valence-electron chi connectivity index (χ0n) is 22.2. The molecule has 11 nitrogen and oxygen atoms in total. The third-order valence-electron chi connectivity index (χ3n) is 8.87. The van der Waals surface area contributed by atoms with Crippen LogP contribution in [0.15, 0.2) is 48.6 Å². The lowest BCUT2D eigenvalue weighted by Crippen LogP contribution is -2.60. The summed E-state index contributed by atoms with van der Waals surface area (Å²) < 4.78 is 22.8. The molecule has 4 aliphatic rings. The first-order valence-corrected chi connectivity index (χ1v) is 13.5. The van der Waals surface area contributed by atoms with Crippen LogP contribution in [-0.2, 0) is 35.0 Å². The number of esters is 2. The Morgan fingerprint density at radius 3 is 2.52 bits per heavy atom. The van der Waals surface area contributed by atoms with Gasteiger partial charge in [-0.1, -0.05) is 25.3 Å². The van der Waals surface area contributed by atoms with Crippen LogP contribution in [-0.4, -0.2) is 92.6 Å². The molecule has 4 fully saturated rings. The molecular formula is C29H36O11. The van der Waals surface area contributed by atoms with E-state index in [4.69, 9.17) is 18.9 Å². The first kappa shape index (κ1) is 28.7. The van der Waals surface area contributed by atoms with Crippen LogP contribution in [0, 0.1) is 17.8 Å². The number of aliphatic hydroxyl groups excluding tert-OH is 3. The summed E-state index contributed by atoms with van der Waals surface area (Å²) in [6.07, 6.45) is -7.47. The SMILES string of the molecule is C=C1C(=O)OC2C1CCC(C)(O)C1CC(OC3OC(COC(=O)Cc4ccc(O)cc4)C(O)C(O)C3O)C(=C)C21. The number of hydrogen-bond donors (Lipinski definition) is 5. The predicted molar refractivity (Wildman–Crippen MR) is 137 cm³/mol. The number of fused-ring (bicyclic) bond motifs is 3. The molecule has 11 unspecified atom stereocenters. The second kappa shape index (κ2) is 10.9. The lowest BCUT2D eigenvalue weighted by molar-refractivity contribution is -0.308. The molecule has 218 valence electrons. The van der Waals surface area contributed by atoms with Crippen LogP contribution in [0.2, 0.25) is 0 Å². The Balaban J connectivity index is 1.25. The van der Waals surface area contributed by atoms with E-state index in [-0.39, 0.29) is 24.0 Å². The van der Waals surface area contributed by atoms with Crippen LogP contribution in [0.25, 0.3) is 0 Å². The average molecular weight is 561 g/mol. The number of aromatic hydroxyl groups is 1. The Morgan fingerprint density at radius 1 is 1.12 bits per heavy atom. The minimum atomic E-state index is -1.65. The van der Waals surface area contributed by atoms with Crippen LogP contribution in [0.5, 0.6) is 5.75 Å². The number of ether oxygens (including phenoxy) is 4. The summed E-state index contributed by atoms with van der Waals surface area (Å²) in [5.74, 6) is -2.03. The van der Waals surface area contributed by atoms with E-state index in [2.05, 4.69) is 13.2 Å².